The normalized spacial score (nSPS) is 15.9. The van der Waals surface area contributed by atoms with Gasteiger partial charge in [-0.2, -0.15) is 5.10 Å². The first kappa shape index (κ1) is 29.7. The van der Waals surface area contributed by atoms with Gasteiger partial charge in [-0.05, 0) is 56.0 Å². The van der Waals surface area contributed by atoms with Gasteiger partial charge in [-0.1, -0.05) is 6.58 Å². The van der Waals surface area contributed by atoms with Crippen LogP contribution in [0.2, 0.25) is 0 Å². The van der Waals surface area contributed by atoms with Crippen LogP contribution in [0.15, 0.2) is 54.6 Å². The van der Waals surface area contributed by atoms with Gasteiger partial charge < -0.3 is 15.0 Å². The fourth-order valence-corrected chi connectivity index (χ4v) is 7.09. The van der Waals surface area contributed by atoms with Gasteiger partial charge in [0.2, 0.25) is 11.8 Å². The Morgan fingerprint density at radius 1 is 1.20 bits per heavy atom. The second-order valence-corrected chi connectivity index (χ2v) is 12.7. The number of carbonyl (C=O) groups is 2. The number of amides is 2. The monoisotopic (exact) mass is 640 g/mol. The van der Waals surface area contributed by atoms with Crippen molar-refractivity contribution >= 4 is 33.2 Å². The van der Waals surface area contributed by atoms with Gasteiger partial charge >= 0.3 is 0 Å². The molecule has 0 fully saturated rings. The maximum atomic E-state index is 16.0. The van der Waals surface area contributed by atoms with E-state index >= 15 is 4.39 Å². The van der Waals surface area contributed by atoms with Crippen molar-refractivity contribution in [1.82, 2.24) is 30.0 Å². The van der Waals surface area contributed by atoms with Gasteiger partial charge in [0, 0.05) is 52.1 Å². The fraction of sp³-hybridized carbons (Fsp3) is 0.265. The molecule has 46 heavy (non-hydrogen) atoms. The second-order valence-electron chi connectivity index (χ2n) is 11.8. The molecule has 12 heteroatoms. The van der Waals surface area contributed by atoms with Gasteiger partial charge in [0.15, 0.2) is 0 Å². The number of hydrogen-bond donors (Lipinski definition) is 1. The third-order valence-corrected chi connectivity index (χ3v) is 9.17. The molecule has 2 aliphatic heterocycles. The van der Waals surface area contributed by atoms with Crippen molar-refractivity contribution in [2.75, 3.05) is 0 Å². The van der Waals surface area contributed by atoms with Crippen molar-refractivity contribution in [3.8, 4) is 39.5 Å². The number of ether oxygens (including phenoxy) is 1. The lowest BCUT2D eigenvalue weighted by Gasteiger charge is -2.33. The van der Waals surface area contributed by atoms with Gasteiger partial charge in [0.05, 0.1) is 48.3 Å². The lowest BCUT2D eigenvalue weighted by Crippen LogP contribution is -2.44. The SMILES string of the molecule is C=CC(=O)N1Cc2cc(-c3nc(-c4cnc5c(c4)CNC(=O)C5)c4ccsc4c3-c3c(F)cc(F)cc3OC(C)C)nn2CC1C. The Balaban J connectivity index is 1.49. The smallest absolute Gasteiger partial charge is 0.246 e. The lowest BCUT2D eigenvalue weighted by molar-refractivity contribution is -0.129. The Bertz CT molecular complexity index is 2070. The third-order valence-electron chi connectivity index (χ3n) is 8.24. The summed E-state index contributed by atoms with van der Waals surface area (Å²) in [6, 6.07) is 7.65. The Morgan fingerprint density at radius 3 is 2.80 bits per heavy atom. The van der Waals surface area contributed by atoms with Gasteiger partial charge in [0.25, 0.3) is 0 Å². The molecule has 234 valence electrons. The first-order chi connectivity index (χ1) is 22.1. The van der Waals surface area contributed by atoms with Crippen molar-refractivity contribution in [2.45, 2.75) is 59.0 Å². The lowest BCUT2D eigenvalue weighted by atomic mass is 9.96. The molecular formula is C34H30F2N6O3S. The molecule has 4 aromatic heterocycles. The number of benzene rings is 1. The van der Waals surface area contributed by atoms with Crippen LogP contribution < -0.4 is 10.1 Å². The number of aromatic nitrogens is 4. The van der Waals surface area contributed by atoms with E-state index in [2.05, 4.69) is 16.9 Å². The summed E-state index contributed by atoms with van der Waals surface area (Å²) < 4.78 is 39.2. The summed E-state index contributed by atoms with van der Waals surface area (Å²) in [6.07, 6.45) is 2.84. The van der Waals surface area contributed by atoms with Crippen LogP contribution in [0.4, 0.5) is 8.78 Å². The number of nitrogens with zero attached hydrogens (tertiary/aromatic N) is 5. The quantitative estimate of drug-likeness (QED) is 0.227. The summed E-state index contributed by atoms with van der Waals surface area (Å²) in [5.74, 6) is -1.74. The van der Waals surface area contributed by atoms with Crippen LogP contribution >= 0.6 is 11.3 Å². The van der Waals surface area contributed by atoms with Crippen molar-refractivity contribution in [1.29, 1.82) is 0 Å². The molecule has 0 saturated heterocycles. The van der Waals surface area contributed by atoms with Crippen LogP contribution in [-0.2, 0) is 35.6 Å². The van der Waals surface area contributed by atoms with Gasteiger partial charge in [-0.25, -0.2) is 13.8 Å². The van der Waals surface area contributed by atoms with Crippen LogP contribution in [0.1, 0.15) is 37.7 Å². The number of nitrogens with one attached hydrogen (secondary N) is 1. The summed E-state index contributed by atoms with van der Waals surface area (Å²) in [5, 5.41) is 10.4. The first-order valence-corrected chi connectivity index (χ1v) is 15.8. The van der Waals surface area contributed by atoms with Crippen LogP contribution in [0.3, 0.4) is 0 Å². The number of hydrogen-bond acceptors (Lipinski definition) is 7. The van der Waals surface area contributed by atoms with Gasteiger partial charge in [-0.3, -0.25) is 19.3 Å². The highest BCUT2D eigenvalue weighted by Gasteiger charge is 2.31. The molecule has 5 aromatic rings. The minimum absolute atomic E-state index is 0.0598. The largest absolute Gasteiger partial charge is 0.490 e. The molecule has 9 nitrogen and oxygen atoms in total. The molecule has 1 N–H and O–H groups in total. The number of halogens is 2. The minimum atomic E-state index is -0.785. The van der Waals surface area contributed by atoms with Crippen molar-refractivity contribution in [3.63, 3.8) is 0 Å². The summed E-state index contributed by atoms with van der Waals surface area (Å²) in [5.41, 5.74) is 5.10. The summed E-state index contributed by atoms with van der Waals surface area (Å²) in [7, 11) is 0. The van der Waals surface area contributed by atoms with Crippen molar-refractivity contribution in [2.24, 2.45) is 0 Å². The van der Waals surface area contributed by atoms with E-state index < -0.39 is 11.6 Å². The van der Waals surface area contributed by atoms with Crippen LogP contribution in [0, 0.1) is 11.6 Å². The number of rotatable bonds is 6. The topological polar surface area (TPSA) is 102 Å². The molecule has 7 rings (SSSR count). The summed E-state index contributed by atoms with van der Waals surface area (Å²) >= 11 is 1.41. The fourth-order valence-electron chi connectivity index (χ4n) is 6.14. The predicted molar refractivity (Wildman–Crippen MR) is 171 cm³/mol. The van der Waals surface area contributed by atoms with Crippen molar-refractivity contribution < 1.29 is 23.1 Å². The molecule has 1 unspecified atom stereocenters. The Morgan fingerprint density at radius 2 is 2.02 bits per heavy atom. The zero-order valence-electron chi connectivity index (χ0n) is 25.4. The Hall–Kier alpha value is -4.97. The summed E-state index contributed by atoms with van der Waals surface area (Å²) in [6.45, 7) is 10.3. The van der Waals surface area contributed by atoms with E-state index in [9.17, 15) is 14.0 Å². The second kappa shape index (κ2) is 11.4. The van der Waals surface area contributed by atoms with E-state index in [1.54, 1.807) is 24.9 Å². The van der Waals surface area contributed by atoms with E-state index in [1.165, 1.54) is 23.5 Å². The van der Waals surface area contributed by atoms with Crippen LogP contribution in [0.25, 0.3) is 43.9 Å². The van der Waals surface area contributed by atoms with E-state index in [1.807, 2.05) is 35.2 Å². The Labute approximate surface area is 267 Å². The Kier molecular flexibility index (Phi) is 7.39. The van der Waals surface area contributed by atoms with E-state index in [4.69, 9.17) is 14.8 Å². The highest BCUT2D eigenvalue weighted by Crippen LogP contribution is 2.47. The molecule has 0 bridgehead atoms. The maximum Gasteiger partial charge on any atom is 0.246 e. The standard InChI is InChI=1S/C34H30F2N6O3S/c1-5-29(44)41-16-22-11-26(40-42(22)15-18(41)4)33-31(30-24(36)9-21(35)10-27(30)45-17(2)3)34-23(6-7-46-34)32(39-33)20-8-19-13-38-28(43)12-25(19)37-14-20/h5-11,14,17-18H,1,12-13,15-16H2,2-4H3,(H,38,43). The van der Waals surface area contributed by atoms with E-state index in [-0.39, 0.29) is 41.7 Å². The molecule has 1 aromatic carbocycles. The number of fused-ring (bicyclic) bond motifs is 3. The molecule has 6 heterocycles. The molecule has 2 amide bonds. The minimum Gasteiger partial charge on any atom is -0.490 e. The van der Waals surface area contributed by atoms with Crippen molar-refractivity contribution in [3.05, 3.63) is 83.1 Å². The molecule has 0 radical (unpaired) electrons. The predicted octanol–water partition coefficient (Wildman–Crippen LogP) is 6.04. The summed E-state index contributed by atoms with van der Waals surface area (Å²) in [4.78, 5) is 36.0. The molecule has 0 saturated carbocycles. The van der Waals surface area contributed by atoms with Crippen LogP contribution in [-0.4, -0.2) is 48.6 Å². The molecular weight excluding hydrogens is 610 g/mol. The molecule has 0 spiro atoms. The first-order valence-electron chi connectivity index (χ1n) is 14.9. The molecule has 2 aliphatic rings. The van der Waals surface area contributed by atoms with Gasteiger partial charge in [0.1, 0.15) is 28.8 Å². The average molecular weight is 641 g/mol. The van der Waals surface area contributed by atoms with E-state index in [0.29, 0.717) is 52.7 Å². The molecule has 1 atom stereocenters. The van der Waals surface area contributed by atoms with Crippen LogP contribution in [0.5, 0.6) is 5.75 Å². The zero-order valence-corrected chi connectivity index (χ0v) is 26.3. The van der Waals surface area contributed by atoms with E-state index in [0.717, 1.165) is 28.3 Å². The zero-order chi connectivity index (χ0) is 32.3. The molecule has 0 aliphatic carbocycles. The highest BCUT2D eigenvalue weighted by atomic mass is 32.1. The highest BCUT2D eigenvalue weighted by molar-refractivity contribution is 7.18. The third kappa shape index (κ3) is 5.12. The van der Waals surface area contributed by atoms with Gasteiger partial charge in [-0.15, -0.1) is 11.3 Å². The average Bonchev–Trinajstić information content (AvgIpc) is 3.66. The maximum absolute atomic E-state index is 16.0. The number of thiophene rings is 1. The number of carbonyl (C=O) groups excluding carboxylic acids is 2. The number of pyridine rings is 2.